The molecule has 0 atom stereocenters. The lowest BCUT2D eigenvalue weighted by Crippen LogP contribution is -1.76. The predicted molar refractivity (Wildman–Crippen MR) is 77.5 cm³/mol. The fraction of sp³-hybridized carbons (Fsp3) is 0.250. The first-order valence-electron chi connectivity index (χ1n) is 3.83. The van der Waals surface area contributed by atoms with E-state index in [2.05, 4.69) is 55.2 Å². The summed E-state index contributed by atoms with van der Waals surface area (Å²) in [6.07, 6.45) is 0. The lowest BCUT2D eigenvalue weighted by atomic mass is 10.8. The third-order valence-electron chi connectivity index (χ3n) is 1.09. The molecule has 82 valence electrons. The SMILES string of the molecule is C=C(Br)CSc1nnc(SCC(=C)Br)s1. The van der Waals surface area contributed by atoms with Gasteiger partial charge < -0.3 is 0 Å². The average Bonchev–Trinajstić information content (AvgIpc) is 2.59. The first-order valence-corrected chi connectivity index (χ1v) is 8.21. The van der Waals surface area contributed by atoms with Gasteiger partial charge in [0.1, 0.15) is 0 Å². The van der Waals surface area contributed by atoms with E-state index in [1.54, 1.807) is 34.9 Å². The molecule has 0 N–H and O–H groups in total. The molecule has 0 aliphatic rings. The van der Waals surface area contributed by atoms with E-state index in [0.29, 0.717) is 0 Å². The summed E-state index contributed by atoms with van der Waals surface area (Å²) >= 11 is 11.5. The van der Waals surface area contributed by atoms with Gasteiger partial charge in [-0.25, -0.2) is 0 Å². The van der Waals surface area contributed by atoms with Gasteiger partial charge in [-0.1, -0.05) is 79.9 Å². The monoisotopic (exact) mass is 386 g/mol. The molecule has 1 aromatic rings. The number of halogens is 2. The molecule has 0 saturated carbocycles. The van der Waals surface area contributed by atoms with Gasteiger partial charge in [-0.3, -0.25) is 0 Å². The largest absolute Gasteiger partial charge is 0.175 e. The maximum Gasteiger partial charge on any atom is 0.175 e. The Morgan fingerprint density at radius 3 is 1.80 bits per heavy atom. The third-order valence-corrected chi connectivity index (χ3v) is 5.76. The standard InChI is InChI=1S/C8H8Br2N2S3/c1-5(9)3-13-7-11-12-8(15-7)14-4-6(2)10/h1-4H2. The number of hydrogen-bond donors (Lipinski definition) is 0. The van der Waals surface area contributed by atoms with Crippen LogP contribution >= 0.6 is 66.7 Å². The predicted octanol–water partition coefficient (Wildman–Crippen LogP) is 4.54. The molecule has 15 heavy (non-hydrogen) atoms. The summed E-state index contributed by atoms with van der Waals surface area (Å²) in [6, 6.07) is 0. The Bertz CT molecular complexity index is 332. The summed E-state index contributed by atoms with van der Waals surface area (Å²) < 4.78 is 3.87. The van der Waals surface area contributed by atoms with Crippen LogP contribution < -0.4 is 0 Å². The summed E-state index contributed by atoms with van der Waals surface area (Å²) in [5.41, 5.74) is 0. The summed E-state index contributed by atoms with van der Waals surface area (Å²) in [5.74, 6) is 1.65. The highest BCUT2D eigenvalue weighted by molar-refractivity contribution is 9.12. The zero-order chi connectivity index (χ0) is 11.3. The van der Waals surface area contributed by atoms with Crippen molar-refractivity contribution in [2.24, 2.45) is 0 Å². The molecule has 0 saturated heterocycles. The molecule has 0 amide bonds. The van der Waals surface area contributed by atoms with Crippen molar-refractivity contribution >= 4 is 66.7 Å². The number of rotatable bonds is 6. The maximum absolute atomic E-state index is 4.07. The molecule has 1 rings (SSSR count). The summed E-state index contributed by atoms with van der Waals surface area (Å²) in [5, 5.41) is 8.14. The molecule has 7 heteroatoms. The van der Waals surface area contributed by atoms with Gasteiger partial charge in [0.05, 0.1) is 0 Å². The fourth-order valence-electron chi connectivity index (χ4n) is 0.594. The van der Waals surface area contributed by atoms with Crippen molar-refractivity contribution in [3.8, 4) is 0 Å². The summed E-state index contributed by atoms with van der Waals surface area (Å²) in [6.45, 7) is 7.53. The van der Waals surface area contributed by atoms with Gasteiger partial charge in [-0.05, 0) is 8.96 Å². The highest BCUT2D eigenvalue weighted by Gasteiger charge is 2.05. The van der Waals surface area contributed by atoms with Crippen molar-refractivity contribution in [3.05, 3.63) is 22.1 Å². The molecule has 0 radical (unpaired) electrons. The molecule has 2 nitrogen and oxygen atoms in total. The van der Waals surface area contributed by atoms with E-state index in [4.69, 9.17) is 0 Å². The van der Waals surface area contributed by atoms with Crippen molar-refractivity contribution in [3.63, 3.8) is 0 Å². The van der Waals surface area contributed by atoms with Crippen LogP contribution in [0, 0.1) is 0 Å². The van der Waals surface area contributed by atoms with Crippen LogP contribution in [0.1, 0.15) is 0 Å². The molecular weight excluding hydrogens is 380 g/mol. The van der Waals surface area contributed by atoms with Gasteiger partial charge in [0.25, 0.3) is 0 Å². The molecule has 0 bridgehead atoms. The van der Waals surface area contributed by atoms with E-state index >= 15 is 0 Å². The van der Waals surface area contributed by atoms with Crippen LogP contribution in [0.3, 0.4) is 0 Å². The highest BCUT2D eigenvalue weighted by atomic mass is 79.9. The minimum atomic E-state index is 0.824. The molecule has 1 heterocycles. The van der Waals surface area contributed by atoms with Gasteiger partial charge in [0.15, 0.2) is 8.68 Å². The number of thioether (sulfide) groups is 2. The van der Waals surface area contributed by atoms with Gasteiger partial charge in [-0.15, -0.1) is 10.2 Å². The third kappa shape index (κ3) is 6.11. The first kappa shape index (κ1) is 13.8. The van der Waals surface area contributed by atoms with E-state index in [9.17, 15) is 0 Å². The number of nitrogens with zero attached hydrogens (tertiary/aromatic N) is 2. The van der Waals surface area contributed by atoms with Crippen LogP contribution in [0.25, 0.3) is 0 Å². The van der Waals surface area contributed by atoms with Crippen LogP contribution in [0.4, 0.5) is 0 Å². The zero-order valence-electron chi connectivity index (χ0n) is 7.70. The normalized spacial score (nSPS) is 10.3. The van der Waals surface area contributed by atoms with Gasteiger partial charge in [-0.2, -0.15) is 0 Å². The fourth-order valence-corrected chi connectivity index (χ4v) is 3.81. The van der Waals surface area contributed by atoms with Crippen molar-refractivity contribution in [1.82, 2.24) is 10.2 Å². The van der Waals surface area contributed by atoms with Crippen LogP contribution in [0.15, 0.2) is 30.8 Å². The van der Waals surface area contributed by atoms with Gasteiger partial charge in [0, 0.05) is 11.5 Å². The van der Waals surface area contributed by atoms with Gasteiger partial charge in [0.2, 0.25) is 0 Å². The summed E-state index contributed by atoms with van der Waals surface area (Å²) in [4.78, 5) is 0. The molecule has 0 aliphatic heterocycles. The summed E-state index contributed by atoms with van der Waals surface area (Å²) in [7, 11) is 0. The van der Waals surface area contributed by atoms with Crippen LogP contribution in [-0.4, -0.2) is 21.7 Å². The van der Waals surface area contributed by atoms with Crippen LogP contribution in [0.2, 0.25) is 0 Å². The van der Waals surface area contributed by atoms with Crippen LogP contribution in [-0.2, 0) is 0 Å². The zero-order valence-corrected chi connectivity index (χ0v) is 13.3. The van der Waals surface area contributed by atoms with E-state index in [1.807, 2.05) is 0 Å². The van der Waals surface area contributed by atoms with E-state index < -0.39 is 0 Å². The van der Waals surface area contributed by atoms with Crippen molar-refractivity contribution < 1.29 is 0 Å². The Morgan fingerprint density at radius 2 is 1.47 bits per heavy atom. The molecule has 0 aromatic carbocycles. The molecule has 0 aliphatic carbocycles. The smallest absolute Gasteiger partial charge is 0.131 e. The van der Waals surface area contributed by atoms with Gasteiger partial charge >= 0.3 is 0 Å². The average molecular weight is 388 g/mol. The highest BCUT2D eigenvalue weighted by Crippen LogP contribution is 2.31. The molecule has 0 unspecified atom stereocenters. The quantitative estimate of drug-likeness (QED) is 0.669. The topological polar surface area (TPSA) is 25.8 Å². The lowest BCUT2D eigenvalue weighted by Gasteiger charge is -1.92. The van der Waals surface area contributed by atoms with E-state index in [0.717, 1.165) is 29.1 Å². The van der Waals surface area contributed by atoms with E-state index in [1.165, 1.54) is 0 Å². The van der Waals surface area contributed by atoms with Crippen LogP contribution in [0.5, 0.6) is 0 Å². The minimum Gasteiger partial charge on any atom is -0.131 e. The Hall–Kier alpha value is 0.700. The van der Waals surface area contributed by atoms with Crippen molar-refractivity contribution in [2.75, 3.05) is 11.5 Å². The second-order valence-corrected chi connectivity index (χ2v) is 8.11. The first-order chi connectivity index (χ1) is 7.08. The van der Waals surface area contributed by atoms with Crippen molar-refractivity contribution in [1.29, 1.82) is 0 Å². The Balaban J connectivity index is 2.41. The number of aromatic nitrogens is 2. The second kappa shape index (κ2) is 7.11. The molecular formula is C8H8Br2N2S3. The second-order valence-electron chi connectivity index (χ2n) is 2.45. The molecule has 0 spiro atoms. The maximum atomic E-state index is 4.07. The Labute approximate surface area is 118 Å². The Morgan fingerprint density at radius 1 is 1.07 bits per heavy atom. The minimum absolute atomic E-state index is 0.824. The molecule has 0 fully saturated rings. The number of hydrogen-bond acceptors (Lipinski definition) is 5. The lowest BCUT2D eigenvalue weighted by molar-refractivity contribution is 0.956. The van der Waals surface area contributed by atoms with Crippen molar-refractivity contribution in [2.45, 2.75) is 8.68 Å². The Kier molecular flexibility index (Phi) is 6.52. The molecule has 1 aromatic heterocycles. The van der Waals surface area contributed by atoms with E-state index in [-0.39, 0.29) is 0 Å².